The highest BCUT2D eigenvalue weighted by Crippen LogP contribution is 2.28. The van der Waals surface area contributed by atoms with Crippen molar-refractivity contribution in [1.29, 1.82) is 0 Å². The Morgan fingerprint density at radius 3 is 2.48 bits per heavy atom. The van der Waals surface area contributed by atoms with E-state index in [1.54, 1.807) is 16.4 Å². The van der Waals surface area contributed by atoms with E-state index in [1.165, 1.54) is 0 Å². The summed E-state index contributed by atoms with van der Waals surface area (Å²) in [5, 5.41) is 0. The topological polar surface area (TPSA) is 37.4 Å². The van der Waals surface area contributed by atoms with E-state index in [2.05, 4.69) is 6.92 Å². The Hall–Kier alpha value is -0.580. The monoisotopic (exact) mass is 329 g/mol. The lowest BCUT2D eigenvalue weighted by atomic mass is 9.95. The Morgan fingerprint density at radius 2 is 1.90 bits per heavy atom. The quantitative estimate of drug-likeness (QED) is 0.773. The molecular weight excluding hydrogens is 306 g/mol. The minimum atomic E-state index is -3.36. The van der Waals surface area contributed by atoms with E-state index in [0.29, 0.717) is 23.2 Å². The number of alkyl halides is 1. The molecule has 0 spiro atoms. The Kier molecular flexibility index (Phi) is 5.69. The Balaban J connectivity index is 2.15. The molecule has 1 aromatic rings. The lowest BCUT2D eigenvalue weighted by Crippen LogP contribution is -2.44. The first kappa shape index (κ1) is 16.8. The molecule has 0 saturated carbocycles. The van der Waals surface area contributed by atoms with Gasteiger partial charge >= 0.3 is 0 Å². The lowest BCUT2D eigenvalue weighted by molar-refractivity contribution is 0.220. The molecule has 1 saturated heterocycles. The summed E-state index contributed by atoms with van der Waals surface area (Å²) in [4.78, 5) is 0.401. The van der Waals surface area contributed by atoms with Crippen LogP contribution in [0, 0.1) is 5.92 Å². The first-order valence-corrected chi connectivity index (χ1v) is 9.59. The predicted octanol–water partition coefficient (Wildman–Crippen LogP) is 3.67. The van der Waals surface area contributed by atoms with Crippen LogP contribution in [0.4, 0.5) is 0 Å². The maximum absolute atomic E-state index is 12.7. The molecule has 21 heavy (non-hydrogen) atoms. The number of rotatable bonds is 5. The molecule has 0 amide bonds. The number of piperidine rings is 1. The van der Waals surface area contributed by atoms with Crippen molar-refractivity contribution in [2.45, 2.75) is 50.5 Å². The van der Waals surface area contributed by atoms with E-state index in [9.17, 15) is 8.42 Å². The van der Waals surface area contributed by atoms with Crippen molar-refractivity contribution in [3.8, 4) is 0 Å². The van der Waals surface area contributed by atoms with Gasteiger partial charge in [-0.2, -0.15) is 4.31 Å². The normalized spacial score (nSPS) is 24.1. The highest BCUT2D eigenvalue weighted by molar-refractivity contribution is 7.89. The van der Waals surface area contributed by atoms with Crippen LogP contribution in [0.25, 0.3) is 0 Å². The smallest absolute Gasteiger partial charge is 0.207 e. The van der Waals surface area contributed by atoms with E-state index >= 15 is 0 Å². The van der Waals surface area contributed by atoms with Gasteiger partial charge in [0.05, 0.1) is 4.90 Å². The molecule has 0 bridgehead atoms. The zero-order valence-electron chi connectivity index (χ0n) is 12.8. The van der Waals surface area contributed by atoms with Crippen LogP contribution in [0.15, 0.2) is 29.2 Å². The van der Waals surface area contributed by atoms with Crippen molar-refractivity contribution in [3.63, 3.8) is 0 Å². The SMILES string of the molecule is CC1CCN(S(=O)(=O)c2ccc(CCCCl)cc2)C(C)C1. The molecule has 2 unspecified atom stereocenters. The Labute approximate surface area is 133 Å². The minimum absolute atomic E-state index is 0.0784. The molecule has 0 aliphatic carbocycles. The van der Waals surface area contributed by atoms with Gasteiger partial charge in [-0.3, -0.25) is 0 Å². The molecule has 1 aliphatic heterocycles. The average Bonchev–Trinajstić information content (AvgIpc) is 2.45. The van der Waals surface area contributed by atoms with Gasteiger partial charge in [-0.15, -0.1) is 11.6 Å². The fourth-order valence-electron chi connectivity index (χ4n) is 2.98. The second-order valence-corrected chi connectivity index (χ2v) is 8.30. The summed E-state index contributed by atoms with van der Waals surface area (Å²) in [5.74, 6) is 1.23. The van der Waals surface area contributed by atoms with Crippen LogP contribution in [0.5, 0.6) is 0 Å². The zero-order chi connectivity index (χ0) is 15.5. The largest absolute Gasteiger partial charge is 0.243 e. The molecule has 0 aromatic heterocycles. The number of benzene rings is 1. The second-order valence-electron chi connectivity index (χ2n) is 6.03. The first-order valence-electron chi connectivity index (χ1n) is 7.62. The van der Waals surface area contributed by atoms with Crippen LogP contribution in [0.1, 0.15) is 38.7 Å². The number of halogens is 1. The van der Waals surface area contributed by atoms with Gasteiger partial charge in [0, 0.05) is 18.5 Å². The minimum Gasteiger partial charge on any atom is -0.207 e. The molecule has 1 aromatic carbocycles. The standard InChI is InChI=1S/C16H24ClNO2S/c1-13-9-11-18(14(2)12-13)21(19,20)16-7-5-15(6-8-16)4-3-10-17/h5-8,13-14H,3-4,9-12H2,1-2H3. The van der Waals surface area contributed by atoms with Crippen molar-refractivity contribution in [2.24, 2.45) is 5.92 Å². The fourth-order valence-corrected chi connectivity index (χ4v) is 4.77. The Bertz CT molecular complexity index is 556. The van der Waals surface area contributed by atoms with Crippen LogP contribution in [0.2, 0.25) is 0 Å². The Morgan fingerprint density at radius 1 is 1.24 bits per heavy atom. The number of hydrogen-bond acceptors (Lipinski definition) is 2. The highest BCUT2D eigenvalue weighted by Gasteiger charge is 2.32. The van der Waals surface area contributed by atoms with E-state index in [0.717, 1.165) is 31.2 Å². The molecule has 1 fully saturated rings. The average molecular weight is 330 g/mol. The molecule has 2 rings (SSSR count). The summed E-state index contributed by atoms with van der Waals surface area (Å²) < 4.78 is 27.1. The van der Waals surface area contributed by atoms with Crippen LogP contribution < -0.4 is 0 Å². The summed E-state index contributed by atoms with van der Waals surface area (Å²) in [7, 11) is -3.36. The molecular formula is C16H24ClNO2S. The van der Waals surface area contributed by atoms with Gasteiger partial charge in [-0.05, 0) is 56.2 Å². The van der Waals surface area contributed by atoms with Crippen LogP contribution in [-0.4, -0.2) is 31.2 Å². The van der Waals surface area contributed by atoms with Crippen LogP contribution >= 0.6 is 11.6 Å². The van der Waals surface area contributed by atoms with Crippen LogP contribution in [0.3, 0.4) is 0 Å². The van der Waals surface area contributed by atoms with Gasteiger partial charge < -0.3 is 0 Å². The molecule has 1 aliphatic rings. The molecule has 0 N–H and O–H groups in total. The maximum Gasteiger partial charge on any atom is 0.243 e. The number of hydrogen-bond donors (Lipinski definition) is 0. The summed E-state index contributed by atoms with van der Waals surface area (Å²) >= 11 is 5.68. The van der Waals surface area contributed by atoms with Gasteiger partial charge in [-0.25, -0.2) is 8.42 Å². The number of aryl methyl sites for hydroxylation is 1. The summed E-state index contributed by atoms with van der Waals surface area (Å²) in [5.41, 5.74) is 1.13. The third-order valence-corrected chi connectivity index (χ3v) is 6.50. The lowest BCUT2D eigenvalue weighted by Gasteiger charge is -2.35. The van der Waals surface area contributed by atoms with Crippen molar-refractivity contribution in [2.75, 3.05) is 12.4 Å². The van der Waals surface area contributed by atoms with Crippen LogP contribution in [-0.2, 0) is 16.4 Å². The fraction of sp³-hybridized carbons (Fsp3) is 0.625. The van der Waals surface area contributed by atoms with E-state index < -0.39 is 10.0 Å². The van der Waals surface area contributed by atoms with E-state index in [1.807, 2.05) is 19.1 Å². The molecule has 1 heterocycles. The van der Waals surface area contributed by atoms with Gasteiger partial charge in [0.1, 0.15) is 0 Å². The van der Waals surface area contributed by atoms with Gasteiger partial charge in [0.25, 0.3) is 0 Å². The predicted molar refractivity (Wildman–Crippen MR) is 87.2 cm³/mol. The molecule has 5 heteroatoms. The molecule has 2 atom stereocenters. The highest BCUT2D eigenvalue weighted by atomic mass is 35.5. The van der Waals surface area contributed by atoms with Crippen molar-refractivity contribution < 1.29 is 8.42 Å². The summed E-state index contributed by atoms with van der Waals surface area (Å²) in [6.07, 6.45) is 3.68. The number of sulfonamides is 1. The zero-order valence-corrected chi connectivity index (χ0v) is 14.3. The molecule has 3 nitrogen and oxygen atoms in total. The van der Waals surface area contributed by atoms with Gasteiger partial charge in [0.2, 0.25) is 10.0 Å². The van der Waals surface area contributed by atoms with Crippen molar-refractivity contribution >= 4 is 21.6 Å². The van der Waals surface area contributed by atoms with E-state index in [-0.39, 0.29) is 6.04 Å². The number of nitrogens with zero attached hydrogens (tertiary/aromatic N) is 1. The van der Waals surface area contributed by atoms with E-state index in [4.69, 9.17) is 11.6 Å². The van der Waals surface area contributed by atoms with Crippen molar-refractivity contribution in [1.82, 2.24) is 4.31 Å². The van der Waals surface area contributed by atoms with Crippen molar-refractivity contribution in [3.05, 3.63) is 29.8 Å². The van der Waals surface area contributed by atoms with Gasteiger partial charge in [-0.1, -0.05) is 19.1 Å². The maximum atomic E-state index is 12.7. The summed E-state index contributed by atoms with van der Waals surface area (Å²) in [6.45, 7) is 4.81. The molecule has 0 radical (unpaired) electrons. The third-order valence-electron chi connectivity index (χ3n) is 4.21. The van der Waals surface area contributed by atoms with Gasteiger partial charge in [0.15, 0.2) is 0 Å². The molecule has 118 valence electrons. The third kappa shape index (κ3) is 3.99. The summed E-state index contributed by atoms with van der Waals surface area (Å²) in [6, 6.07) is 7.33. The first-order chi connectivity index (χ1) is 9.95. The second kappa shape index (κ2) is 7.12.